The number of amides is 1. The molecule has 0 heterocycles. The predicted octanol–water partition coefficient (Wildman–Crippen LogP) is 3.73. The molecule has 2 aromatic rings. The number of hydrogen-bond donors (Lipinski definition) is 1. The molecular formula is C16H15Cl3N2O3S. The van der Waals surface area contributed by atoms with Crippen molar-refractivity contribution in [3.63, 3.8) is 0 Å². The lowest BCUT2D eigenvalue weighted by Gasteiger charge is -2.22. The maximum atomic E-state index is 12.2. The van der Waals surface area contributed by atoms with Crippen LogP contribution in [0.3, 0.4) is 0 Å². The van der Waals surface area contributed by atoms with E-state index in [4.69, 9.17) is 34.8 Å². The topological polar surface area (TPSA) is 66.5 Å². The van der Waals surface area contributed by atoms with Crippen molar-refractivity contribution in [1.82, 2.24) is 5.32 Å². The molecule has 9 heteroatoms. The molecule has 0 spiro atoms. The Labute approximate surface area is 161 Å². The minimum absolute atomic E-state index is 0.192. The summed E-state index contributed by atoms with van der Waals surface area (Å²) in [5.41, 5.74) is 0.989. The Morgan fingerprint density at radius 1 is 1.04 bits per heavy atom. The SMILES string of the molecule is CS(=O)(=O)N(CC(=O)NCc1ccccc1Cl)c1ccc(Cl)c(Cl)c1. The van der Waals surface area contributed by atoms with Crippen LogP contribution in [0.4, 0.5) is 5.69 Å². The van der Waals surface area contributed by atoms with Crippen LogP contribution in [-0.2, 0) is 21.4 Å². The molecule has 5 nitrogen and oxygen atoms in total. The summed E-state index contributed by atoms with van der Waals surface area (Å²) in [4.78, 5) is 12.2. The van der Waals surface area contributed by atoms with E-state index < -0.39 is 15.9 Å². The molecule has 25 heavy (non-hydrogen) atoms. The molecule has 2 rings (SSSR count). The molecule has 0 fully saturated rings. The second-order valence-electron chi connectivity index (χ2n) is 5.24. The van der Waals surface area contributed by atoms with Crippen LogP contribution in [0.2, 0.25) is 15.1 Å². The molecule has 0 bridgehead atoms. The van der Waals surface area contributed by atoms with Crippen LogP contribution >= 0.6 is 34.8 Å². The van der Waals surface area contributed by atoms with E-state index in [0.29, 0.717) is 10.0 Å². The van der Waals surface area contributed by atoms with Crippen molar-refractivity contribution in [2.24, 2.45) is 0 Å². The first kappa shape index (κ1) is 19.8. The van der Waals surface area contributed by atoms with Crippen LogP contribution in [-0.4, -0.2) is 27.1 Å². The van der Waals surface area contributed by atoms with Gasteiger partial charge in [-0.1, -0.05) is 53.0 Å². The van der Waals surface area contributed by atoms with Crippen LogP contribution in [0, 0.1) is 0 Å². The molecule has 0 aliphatic carbocycles. The van der Waals surface area contributed by atoms with E-state index in [2.05, 4.69) is 5.32 Å². The summed E-state index contributed by atoms with van der Waals surface area (Å²) in [6.45, 7) is -0.196. The molecule has 2 aromatic carbocycles. The first-order valence-electron chi connectivity index (χ1n) is 7.11. The van der Waals surface area contributed by atoms with Gasteiger partial charge in [0.25, 0.3) is 0 Å². The molecule has 1 amide bonds. The third-order valence-corrected chi connectivity index (χ3v) is 5.56. The fourth-order valence-corrected chi connectivity index (χ4v) is 3.41. The summed E-state index contributed by atoms with van der Waals surface area (Å²) in [5, 5.41) is 3.66. The Kier molecular flexibility index (Phi) is 6.57. The number of carbonyl (C=O) groups is 1. The molecule has 1 N–H and O–H groups in total. The van der Waals surface area contributed by atoms with E-state index in [1.165, 1.54) is 18.2 Å². The number of halogens is 3. The zero-order chi connectivity index (χ0) is 18.6. The number of benzene rings is 2. The Morgan fingerprint density at radius 2 is 1.72 bits per heavy atom. The van der Waals surface area contributed by atoms with Crippen LogP contribution in [0.5, 0.6) is 0 Å². The van der Waals surface area contributed by atoms with Crippen molar-refractivity contribution in [2.45, 2.75) is 6.54 Å². The maximum Gasteiger partial charge on any atom is 0.241 e. The molecule has 0 saturated carbocycles. The normalized spacial score (nSPS) is 11.2. The number of hydrogen-bond acceptors (Lipinski definition) is 3. The van der Waals surface area contributed by atoms with Crippen LogP contribution < -0.4 is 9.62 Å². The van der Waals surface area contributed by atoms with E-state index in [0.717, 1.165) is 16.1 Å². The third-order valence-electron chi connectivity index (χ3n) is 3.31. The summed E-state index contributed by atoms with van der Waals surface area (Å²) in [7, 11) is -3.69. The standard InChI is InChI=1S/C16H15Cl3N2O3S/c1-25(23,24)21(12-6-7-14(18)15(19)8-12)10-16(22)20-9-11-4-2-3-5-13(11)17/h2-8H,9-10H2,1H3,(H,20,22). The first-order valence-corrected chi connectivity index (χ1v) is 10.1. The van der Waals surface area contributed by atoms with Crippen molar-refractivity contribution < 1.29 is 13.2 Å². The molecule has 0 aromatic heterocycles. The lowest BCUT2D eigenvalue weighted by molar-refractivity contribution is -0.119. The highest BCUT2D eigenvalue weighted by atomic mass is 35.5. The fourth-order valence-electron chi connectivity index (χ4n) is 2.06. The Hall–Kier alpha value is -1.47. The number of sulfonamides is 1. The lowest BCUT2D eigenvalue weighted by Crippen LogP contribution is -2.40. The zero-order valence-electron chi connectivity index (χ0n) is 13.2. The smallest absolute Gasteiger partial charge is 0.241 e. The van der Waals surface area contributed by atoms with Crippen LogP contribution in [0.1, 0.15) is 5.56 Å². The summed E-state index contributed by atoms with van der Waals surface area (Å²) >= 11 is 17.8. The van der Waals surface area contributed by atoms with E-state index >= 15 is 0 Å². The van der Waals surface area contributed by atoms with Gasteiger partial charge in [0, 0.05) is 11.6 Å². The molecule has 0 atom stereocenters. The van der Waals surface area contributed by atoms with Crippen LogP contribution in [0.15, 0.2) is 42.5 Å². The highest BCUT2D eigenvalue weighted by Gasteiger charge is 2.21. The maximum absolute atomic E-state index is 12.2. The zero-order valence-corrected chi connectivity index (χ0v) is 16.3. The van der Waals surface area contributed by atoms with Gasteiger partial charge in [0.05, 0.1) is 22.0 Å². The summed E-state index contributed by atoms with van der Waals surface area (Å²) in [5.74, 6) is -0.476. The summed E-state index contributed by atoms with van der Waals surface area (Å²) in [6, 6.07) is 11.4. The lowest BCUT2D eigenvalue weighted by atomic mass is 10.2. The van der Waals surface area contributed by atoms with Gasteiger partial charge < -0.3 is 5.32 Å². The molecule has 0 radical (unpaired) electrons. The number of rotatable bonds is 6. The summed E-state index contributed by atoms with van der Waals surface area (Å²) < 4.78 is 25.0. The summed E-state index contributed by atoms with van der Waals surface area (Å²) in [6.07, 6.45) is 1.01. The van der Waals surface area contributed by atoms with Crippen molar-refractivity contribution in [2.75, 3.05) is 17.1 Å². The van der Waals surface area contributed by atoms with Gasteiger partial charge >= 0.3 is 0 Å². The molecule has 0 unspecified atom stereocenters. The van der Waals surface area contributed by atoms with Gasteiger partial charge in [-0.15, -0.1) is 0 Å². The largest absolute Gasteiger partial charge is 0.350 e. The quantitative estimate of drug-likeness (QED) is 0.773. The van der Waals surface area contributed by atoms with Crippen molar-refractivity contribution >= 4 is 56.4 Å². The Morgan fingerprint density at radius 3 is 2.32 bits per heavy atom. The average Bonchev–Trinajstić information content (AvgIpc) is 2.53. The molecular weight excluding hydrogens is 407 g/mol. The highest BCUT2D eigenvalue weighted by molar-refractivity contribution is 7.92. The first-order chi connectivity index (χ1) is 11.7. The van der Waals surface area contributed by atoms with Crippen molar-refractivity contribution in [3.05, 3.63) is 63.1 Å². The van der Waals surface area contributed by atoms with Gasteiger partial charge in [0.2, 0.25) is 15.9 Å². The highest BCUT2D eigenvalue weighted by Crippen LogP contribution is 2.28. The fraction of sp³-hybridized carbons (Fsp3) is 0.188. The van der Waals surface area contributed by atoms with E-state index in [-0.39, 0.29) is 23.8 Å². The molecule has 134 valence electrons. The van der Waals surface area contributed by atoms with E-state index in [9.17, 15) is 13.2 Å². The van der Waals surface area contributed by atoms with Crippen LogP contribution in [0.25, 0.3) is 0 Å². The van der Waals surface area contributed by atoms with E-state index in [1.807, 2.05) is 0 Å². The number of nitrogens with one attached hydrogen (secondary N) is 1. The minimum Gasteiger partial charge on any atom is -0.350 e. The molecule has 0 aliphatic rings. The second-order valence-corrected chi connectivity index (χ2v) is 8.36. The predicted molar refractivity (Wildman–Crippen MR) is 102 cm³/mol. The average molecular weight is 422 g/mol. The molecule has 0 saturated heterocycles. The van der Waals surface area contributed by atoms with Gasteiger partial charge in [-0.2, -0.15) is 0 Å². The number of anilines is 1. The van der Waals surface area contributed by atoms with Gasteiger partial charge in [-0.05, 0) is 29.8 Å². The monoisotopic (exact) mass is 420 g/mol. The minimum atomic E-state index is -3.69. The number of nitrogens with zero attached hydrogens (tertiary/aromatic N) is 1. The number of carbonyl (C=O) groups excluding carboxylic acids is 1. The third kappa shape index (κ3) is 5.51. The molecule has 0 aliphatic heterocycles. The van der Waals surface area contributed by atoms with E-state index in [1.54, 1.807) is 24.3 Å². The Bertz CT molecular complexity index is 888. The van der Waals surface area contributed by atoms with Gasteiger partial charge in [-0.25, -0.2) is 8.42 Å². The van der Waals surface area contributed by atoms with Gasteiger partial charge in [0.1, 0.15) is 6.54 Å². The van der Waals surface area contributed by atoms with Gasteiger partial charge in [-0.3, -0.25) is 9.10 Å². The van der Waals surface area contributed by atoms with Crippen molar-refractivity contribution in [3.8, 4) is 0 Å². The second kappa shape index (κ2) is 8.27. The van der Waals surface area contributed by atoms with Gasteiger partial charge in [0.15, 0.2) is 0 Å². The Balaban J connectivity index is 2.13. The van der Waals surface area contributed by atoms with Crippen molar-refractivity contribution in [1.29, 1.82) is 0 Å².